The molecule has 2 N–H and O–H groups in total. The zero-order valence-corrected chi connectivity index (χ0v) is 17.2. The maximum Gasteiger partial charge on any atom is 0.215 e. The van der Waals surface area contributed by atoms with E-state index in [1.807, 2.05) is 28.8 Å². The third-order valence-corrected chi connectivity index (χ3v) is 7.36. The summed E-state index contributed by atoms with van der Waals surface area (Å²) < 4.78 is 21.5. The van der Waals surface area contributed by atoms with E-state index in [9.17, 15) is 13.9 Å². The first-order valence-corrected chi connectivity index (χ1v) is 11.4. The molecule has 0 saturated carbocycles. The summed E-state index contributed by atoms with van der Waals surface area (Å²) in [5, 5.41) is 0.539. The molecule has 0 amide bonds. The van der Waals surface area contributed by atoms with Gasteiger partial charge in [0.25, 0.3) is 0 Å². The van der Waals surface area contributed by atoms with Crippen LogP contribution >= 0.6 is 33.8 Å². The van der Waals surface area contributed by atoms with E-state index in [4.69, 9.17) is 23.2 Å². The highest BCUT2D eigenvalue weighted by Crippen LogP contribution is 2.40. The van der Waals surface area contributed by atoms with Crippen LogP contribution < -0.4 is 0 Å². The molecule has 2 aromatic heterocycles. The van der Waals surface area contributed by atoms with Crippen LogP contribution in [0.5, 0.6) is 0 Å². The molecule has 28 heavy (non-hydrogen) atoms. The highest BCUT2D eigenvalue weighted by molar-refractivity contribution is 8.24. The van der Waals surface area contributed by atoms with Gasteiger partial charge in [-0.05, 0) is 24.3 Å². The highest BCUT2D eigenvalue weighted by atomic mass is 35.5. The van der Waals surface area contributed by atoms with E-state index in [2.05, 4.69) is 9.88 Å². The fourth-order valence-corrected chi connectivity index (χ4v) is 5.00. The van der Waals surface area contributed by atoms with Gasteiger partial charge in [0, 0.05) is 24.8 Å². The smallest absolute Gasteiger partial charge is 0.215 e. The Bertz CT molecular complexity index is 1040. The van der Waals surface area contributed by atoms with Gasteiger partial charge in [0.1, 0.15) is 11.5 Å². The molecule has 1 aromatic carbocycles. The Labute approximate surface area is 174 Å². The normalized spacial score (nSPS) is 18.3. The van der Waals surface area contributed by atoms with Crippen LogP contribution in [-0.4, -0.2) is 53.8 Å². The summed E-state index contributed by atoms with van der Waals surface area (Å²) >= 11 is 12.3. The Kier molecular flexibility index (Phi) is 5.39. The number of carbonyl (C=O) groups excluding carboxylic acids is 1. The van der Waals surface area contributed by atoms with Gasteiger partial charge in [-0.25, -0.2) is 4.98 Å². The number of hydrogen-bond donors (Lipinski definition) is 2. The predicted octanol–water partition coefficient (Wildman–Crippen LogP) is 4.44. The van der Waals surface area contributed by atoms with Crippen LogP contribution in [0.15, 0.2) is 42.6 Å². The molecule has 0 atom stereocenters. The first-order valence-electron chi connectivity index (χ1n) is 8.76. The van der Waals surface area contributed by atoms with E-state index in [0.717, 1.165) is 5.82 Å². The molecule has 1 fully saturated rings. The molecule has 0 spiro atoms. The van der Waals surface area contributed by atoms with Gasteiger partial charge in [-0.1, -0.05) is 35.3 Å². The fourth-order valence-electron chi connectivity index (χ4n) is 3.31. The fraction of sp³-hybridized carbons (Fsp3) is 0.263. The quantitative estimate of drug-likeness (QED) is 0.587. The average Bonchev–Trinajstić information content (AvgIpc) is 3.04. The van der Waals surface area contributed by atoms with E-state index >= 15 is 0 Å². The maximum absolute atomic E-state index is 13.1. The summed E-state index contributed by atoms with van der Waals surface area (Å²) in [4.78, 5) is 19.9. The largest absolute Gasteiger partial charge is 0.302 e. The highest BCUT2D eigenvalue weighted by Gasteiger charge is 2.25. The Morgan fingerprint density at radius 3 is 2.61 bits per heavy atom. The second-order valence-electron chi connectivity index (χ2n) is 6.75. The molecular formula is C19H19Cl2N3O3S. The third kappa shape index (κ3) is 3.78. The first kappa shape index (κ1) is 19.7. The molecule has 1 aliphatic heterocycles. The second kappa shape index (κ2) is 7.67. The summed E-state index contributed by atoms with van der Waals surface area (Å²) in [7, 11) is -2.45. The van der Waals surface area contributed by atoms with E-state index in [1.54, 1.807) is 18.2 Å². The molecular weight excluding hydrogens is 421 g/mol. The summed E-state index contributed by atoms with van der Waals surface area (Å²) in [6.07, 6.45) is 1.87. The summed E-state index contributed by atoms with van der Waals surface area (Å²) in [6, 6.07) is 10.5. The van der Waals surface area contributed by atoms with Gasteiger partial charge >= 0.3 is 0 Å². The summed E-state index contributed by atoms with van der Waals surface area (Å²) in [6.45, 7) is 1.66. The van der Waals surface area contributed by atoms with Crippen LogP contribution in [0.3, 0.4) is 0 Å². The van der Waals surface area contributed by atoms with Crippen LogP contribution in [0, 0.1) is 0 Å². The van der Waals surface area contributed by atoms with Crippen molar-refractivity contribution in [1.82, 2.24) is 14.3 Å². The van der Waals surface area contributed by atoms with Crippen molar-refractivity contribution in [1.29, 1.82) is 0 Å². The third-order valence-electron chi connectivity index (χ3n) is 4.87. The number of nitrogens with zero attached hydrogens (tertiary/aromatic N) is 3. The van der Waals surface area contributed by atoms with Crippen molar-refractivity contribution in [2.45, 2.75) is 6.54 Å². The monoisotopic (exact) mass is 439 g/mol. The predicted molar refractivity (Wildman–Crippen MR) is 113 cm³/mol. The summed E-state index contributed by atoms with van der Waals surface area (Å²) in [5.41, 5.74) is 1.33. The zero-order valence-electron chi connectivity index (χ0n) is 14.9. The minimum absolute atomic E-state index is 0.217. The van der Waals surface area contributed by atoms with E-state index in [-0.39, 0.29) is 10.8 Å². The Balaban J connectivity index is 1.69. The molecule has 0 bridgehead atoms. The number of aromatic nitrogens is 2. The van der Waals surface area contributed by atoms with Crippen LogP contribution in [-0.2, 0) is 6.54 Å². The molecule has 4 rings (SSSR count). The Morgan fingerprint density at radius 2 is 1.86 bits per heavy atom. The lowest BCUT2D eigenvalue weighted by atomic mass is 10.1. The number of benzene rings is 1. The van der Waals surface area contributed by atoms with Gasteiger partial charge in [0.05, 0.1) is 33.6 Å². The van der Waals surface area contributed by atoms with Crippen molar-refractivity contribution in [2.24, 2.45) is 0 Å². The molecule has 9 heteroatoms. The first-order chi connectivity index (χ1) is 13.4. The van der Waals surface area contributed by atoms with Crippen LogP contribution in [0.25, 0.3) is 5.52 Å². The van der Waals surface area contributed by atoms with Crippen molar-refractivity contribution in [3.63, 3.8) is 0 Å². The van der Waals surface area contributed by atoms with Gasteiger partial charge in [-0.3, -0.25) is 18.8 Å². The van der Waals surface area contributed by atoms with E-state index in [1.165, 1.54) is 0 Å². The number of halogens is 2. The number of pyridine rings is 1. The molecule has 148 valence electrons. The molecule has 0 radical (unpaired) electrons. The molecule has 3 aromatic rings. The van der Waals surface area contributed by atoms with Gasteiger partial charge in [0.15, 0.2) is 0 Å². The number of carbonyl (C=O) groups is 1. The lowest BCUT2D eigenvalue weighted by Crippen LogP contribution is -2.38. The Morgan fingerprint density at radius 1 is 1.11 bits per heavy atom. The van der Waals surface area contributed by atoms with Crippen molar-refractivity contribution >= 4 is 45.1 Å². The van der Waals surface area contributed by atoms with Gasteiger partial charge in [-0.2, -0.15) is 10.6 Å². The molecule has 3 heterocycles. The Hall–Kier alpha value is -1.61. The lowest BCUT2D eigenvalue weighted by Gasteiger charge is -2.40. The molecule has 0 unspecified atom stereocenters. The lowest BCUT2D eigenvalue weighted by molar-refractivity contribution is 0.103. The minimum atomic E-state index is -2.45. The number of fused-ring (bicyclic) bond motifs is 1. The van der Waals surface area contributed by atoms with Crippen molar-refractivity contribution in [3.8, 4) is 0 Å². The number of hydrogen-bond acceptors (Lipinski definition) is 5. The van der Waals surface area contributed by atoms with Crippen LogP contribution in [0.2, 0.25) is 10.0 Å². The number of imidazole rings is 1. The minimum Gasteiger partial charge on any atom is -0.302 e. The van der Waals surface area contributed by atoms with Crippen molar-refractivity contribution in [3.05, 3.63) is 69.7 Å². The van der Waals surface area contributed by atoms with Gasteiger partial charge in [0.2, 0.25) is 5.78 Å². The van der Waals surface area contributed by atoms with Crippen molar-refractivity contribution in [2.75, 3.05) is 24.6 Å². The molecule has 0 aliphatic carbocycles. The van der Waals surface area contributed by atoms with Crippen LogP contribution in [0.1, 0.15) is 21.9 Å². The number of ketones is 1. The molecule has 6 nitrogen and oxygen atoms in total. The average molecular weight is 440 g/mol. The summed E-state index contributed by atoms with van der Waals surface area (Å²) in [5.74, 6) is 1.16. The second-order valence-corrected chi connectivity index (χ2v) is 9.96. The topological polar surface area (TPSA) is 78.1 Å². The standard InChI is InChI=1S/C19H19Cl2N3O3S/c20-14-5-3-4-13(17(14)21)19(25)18-15-6-1-2-7-24(15)16(22-18)12-23-8-10-28(26,27)11-9-23/h1-7,26-27H,8-12H2. The molecule has 1 aliphatic rings. The zero-order chi connectivity index (χ0) is 19.9. The maximum atomic E-state index is 13.1. The van der Waals surface area contributed by atoms with Gasteiger partial charge in [-0.15, -0.1) is 0 Å². The van der Waals surface area contributed by atoms with Crippen molar-refractivity contribution < 1.29 is 13.9 Å². The molecule has 1 saturated heterocycles. The SMILES string of the molecule is O=C(c1cccc(Cl)c1Cl)c1nc(CN2CCS(O)(O)CC2)n2ccccc12. The van der Waals surface area contributed by atoms with Crippen LogP contribution in [0.4, 0.5) is 0 Å². The van der Waals surface area contributed by atoms with E-state index < -0.39 is 10.6 Å². The number of rotatable bonds is 4. The van der Waals surface area contributed by atoms with Gasteiger partial charge < -0.3 is 4.40 Å². The van der Waals surface area contributed by atoms with E-state index in [0.29, 0.717) is 52.9 Å².